The van der Waals surface area contributed by atoms with Gasteiger partial charge in [-0.1, -0.05) is 18.2 Å². The summed E-state index contributed by atoms with van der Waals surface area (Å²) in [7, 11) is 0. The zero-order valence-corrected chi connectivity index (χ0v) is 10.4. The molecule has 0 saturated carbocycles. The molecule has 0 unspecified atom stereocenters. The Morgan fingerprint density at radius 2 is 1.95 bits per heavy atom. The molecule has 3 nitrogen and oxygen atoms in total. The molecule has 102 valence electrons. The van der Waals surface area contributed by atoms with Gasteiger partial charge in [0.1, 0.15) is 5.75 Å². The lowest BCUT2D eigenvalue weighted by molar-refractivity contribution is -0.0498. The van der Waals surface area contributed by atoms with Crippen LogP contribution in [0.15, 0.2) is 54.9 Å². The van der Waals surface area contributed by atoms with E-state index in [1.165, 1.54) is 24.4 Å². The van der Waals surface area contributed by atoms with Crippen LogP contribution in [0.2, 0.25) is 0 Å². The number of ether oxygens (including phenoxy) is 1. The van der Waals surface area contributed by atoms with E-state index in [-0.39, 0.29) is 11.5 Å². The molecule has 5 heteroatoms. The van der Waals surface area contributed by atoms with Crippen molar-refractivity contribution in [3.63, 3.8) is 0 Å². The Morgan fingerprint density at radius 3 is 2.55 bits per heavy atom. The van der Waals surface area contributed by atoms with E-state index < -0.39 is 6.61 Å². The fraction of sp³-hybridized carbons (Fsp3) is 0.0667. The van der Waals surface area contributed by atoms with Crippen LogP contribution in [0.5, 0.6) is 5.75 Å². The molecule has 0 aliphatic rings. The van der Waals surface area contributed by atoms with Crippen LogP contribution in [-0.2, 0) is 0 Å². The molecular formula is C15H11F2NO2. The van der Waals surface area contributed by atoms with Gasteiger partial charge in [0.05, 0.1) is 0 Å². The van der Waals surface area contributed by atoms with E-state index in [2.05, 4.69) is 9.72 Å². The molecule has 0 radical (unpaired) electrons. The lowest BCUT2D eigenvalue weighted by atomic mass is 10.1. The normalized spacial score (nSPS) is 10.9. The standard InChI is InChI=1S/C15H11F2NO2/c16-15(17)20-13-6-3-11(4-7-13)5-8-14(19)12-2-1-9-18-10-12/h1-10,15H/b8-5+. The maximum absolute atomic E-state index is 12.0. The summed E-state index contributed by atoms with van der Waals surface area (Å²) in [5, 5.41) is 0. The number of carbonyl (C=O) groups is 1. The summed E-state index contributed by atoms with van der Waals surface area (Å²) >= 11 is 0. The summed E-state index contributed by atoms with van der Waals surface area (Å²) in [6, 6.07) is 9.35. The zero-order valence-electron chi connectivity index (χ0n) is 10.4. The van der Waals surface area contributed by atoms with E-state index in [0.717, 1.165) is 0 Å². The first-order valence-electron chi connectivity index (χ1n) is 5.82. The first-order chi connectivity index (χ1) is 9.65. The second-order valence-electron chi connectivity index (χ2n) is 3.89. The Bertz CT molecular complexity index is 595. The van der Waals surface area contributed by atoms with Gasteiger partial charge in [0.2, 0.25) is 0 Å². The second-order valence-corrected chi connectivity index (χ2v) is 3.89. The van der Waals surface area contributed by atoms with Crippen LogP contribution in [0, 0.1) is 0 Å². The van der Waals surface area contributed by atoms with Gasteiger partial charge in [-0.3, -0.25) is 9.78 Å². The molecule has 0 aliphatic heterocycles. The minimum Gasteiger partial charge on any atom is -0.435 e. The molecule has 0 atom stereocenters. The van der Waals surface area contributed by atoms with Crippen LogP contribution in [0.1, 0.15) is 15.9 Å². The van der Waals surface area contributed by atoms with Crippen molar-refractivity contribution in [2.75, 3.05) is 0 Å². The first-order valence-corrected chi connectivity index (χ1v) is 5.82. The van der Waals surface area contributed by atoms with Gasteiger partial charge >= 0.3 is 6.61 Å². The van der Waals surface area contributed by atoms with Gasteiger partial charge < -0.3 is 4.74 Å². The predicted octanol–water partition coefficient (Wildman–Crippen LogP) is 3.58. The Kier molecular flexibility index (Phi) is 4.55. The van der Waals surface area contributed by atoms with Crippen molar-refractivity contribution in [3.8, 4) is 5.75 Å². The molecule has 20 heavy (non-hydrogen) atoms. The van der Waals surface area contributed by atoms with Crippen LogP contribution in [0.3, 0.4) is 0 Å². The molecule has 0 N–H and O–H groups in total. The Labute approximate surface area is 114 Å². The summed E-state index contributed by atoms with van der Waals surface area (Å²) in [5.74, 6) is -0.0956. The SMILES string of the molecule is O=C(/C=C/c1ccc(OC(F)F)cc1)c1cccnc1. The summed E-state index contributed by atoms with van der Waals surface area (Å²) in [5.41, 5.74) is 1.20. The highest BCUT2D eigenvalue weighted by atomic mass is 19.3. The summed E-state index contributed by atoms with van der Waals surface area (Å²) in [6.07, 6.45) is 6.07. The third-order valence-corrected chi connectivity index (χ3v) is 2.48. The Morgan fingerprint density at radius 1 is 1.20 bits per heavy atom. The molecule has 2 rings (SSSR count). The highest BCUT2D eigenvalue weighted by Gasteiger charge is 2.03. The van der Waals surface area contributed by atoms with Crippen molar-refractivity contribution >= 4 is 11.9 Å². The number of allylic oxidation sites excluding steroid dienone is 1. The zero-order chi connectivity index (χ0) is 14.4. The number of halogens is 2. The van der Waals surface area contributed by atoms with Crippen molar-refractivity contribution < 1.29 is 18.3 Å². The monoisotopic (exact) mass is 275 g/mol. The third kappa shape index (κ3) is 3.98. The van der Waals surface area contributed by atoms with E-state index in [0.29, 0.717) is 11.1 Å². The van der Waals surface area contributed by atoms with E-state index in [1.807, 2.05) is 0 Å². The van der Waals surface area contributed by atoms with Gasteiger partial charge in [0.15, 0.2) is 5.78 Å². The van der Waals surface area contributed by atoms with Crippen LogP contribution in [-0.4, -0.2) is 17.4 Å². The van der Waals surface area contributed by atoms with Gasteiger partial charge in [-0.2, -0.15) is 8.78 Å². The largest absolute Gasteiger partial charge is 0.435 e. The molecule has 0 fully saturated rings. The van der Waals surface area contributed by atoms with E-state index in [9.17, 15) is 13.6 Å². The summed E-state index contributed by atoms with van der Waals surface area (Å²) < 4.78 is 28.2. The van der Waals surface area contributed by atoms with Crippen LogP contribution in [0.4, 0.5) is 8.78 Å². The molecule has 1 heterocycles. The topological polar surface area (TPSA) is 39.2 Å². The molecule has 2 aromatic rings. The number of hydrogen-bond donors (Lipinski definition) is 0. The molecule has 1 aromatic carbocycles. The molecule has 0 spiro atoms. The van der Waals surface area contributed by atoms with E-state index >= 15 is 0 Å². The molecule has 0 saturated heterocycles. The molecule has 1 aromatic heterocycles. The fourth-order valence-corrected chi connectivity index (χ4v) is 1.54. The number of aromatic nitrogens is 1. The van der Waals surface area contributed by atoms with Gasteiger partial charge in [-0.15, -0.1) is 0 Å². The lowest BCUT2D eigenvalue weighted by Crippen LogP contribution is -2.01. The number of rotatable bonds is 5. The van der Waals surface area contributed by atoms with Crippen LogP contribution >= 0.6 is 0 Å². The number of hydrogen-bond acceptors (Lipinski definition) is 3. The van der Waals surface area contributed by atoms with Crippen molar-refractivity contribution in [2.45, 2.75) is 6.61 Å². The number of nitrogens with zero attached hydrogens (tertiary/aromatic N) is 1. The quantitative estimate of drug-likeness (QED) is 0.618. The average Bonchev–Trinajstić information content (AvgIpc) is 2.46. The first kappa shape index (κ1) is 13.9. The van der Waals surface area contributed by atoms with Crippen molar-refractivity contribution in [1.29, 1.82) is 0 Å². The second kappa shape index (κ2) is 6.56. The van der Waals surface area contributed by atoms with Crippen molar-refractivity contribution in [2.24, 2.45) is 0 Å². The molecule has 0 aliphatic carbocycles. The van der Waals surface area contributed by atoms with E-state index in [1.54, 1.807) is 36.5 Å². The van der Waals surface area contributed by atoms with Crippen molar-refractivity contribution in [3.05, 3.63) is 66.0 Å². The minimum atomic E-state index is -2.84. The Hall–Kier alpha value is -2.56. The lowest BCUT2D eigenvalue weighted by Gasteiger charge is -2.03. The van der Waals surface area contributed by atoms with Crippen LogP contribution < -0.4 is 4.74 Å². The number of alkyl halides is 2. The fourth-order valence-electron chi connectivity index (χ4n) is 1.54. The summed E-state index contributed by atoms with van der Waals surface area (Å²) in [4.78, 5) is 15.6. The number of carbonyl (C=O) groups excluding carboxylic acids is 1. The van der Waals surface area contributed by atoms with Gasteiger partial charge in [0, 0.05) is 18.0 Å². The molecular weight excluding hydrogens is 264 g/mol. The number of pyridine rings is 1. The van der Waals surface area contributed by atoms with Gasteiger partial charge in [0.25, 0.3) is 0 Å². The van der Waals surface area contributed by atoms with Crippen LogP contribution in [0.25, 0.3) is 6.08 Å². The number of ketones is 1. The molecule has 0 amide bonds. The maximum Gasteiger partial charge on any atom is 0.387 e. The maximum atomic E-state index is 12.0. The molecule has 0 bridgehead atoms. The number of benzene rings is 1. The van der Waals surface area contributed by atoms with Crippen molar-refractivity contribution in [1.82, 2.24) is 4.98 Å². The predicted molar refractivity (Wildman–Crippen MR) is 70.7 cm³/mol. The van der Waals surface area contributed by atoms with Gasteiger partial charge in [-0.05, 0) is 35.9 Å². The van der Waals surface area contributed by atoms with E-state index in [4.69, 9.17) is 0 Å². The third-order valence-electron chi connectivity index (χ3n) is 2.48. The highest BCUT2D eigenvalue weighted by molar-refractivity contribution is 6.06. The average molecular weight is 275 g/mol. The highest BCUT2D eigenvalue weighted by Crippen LogP contribution is 2.15. The smallest absolute Gasteiger partial charge is 0.387 e. The van der Waals surface area contributed by atoms with Gasteiger partial charge in [-0.25, -0.2) is 0 Å². The summed E-state index contributed by atoms with van der Waals surface area (Å²) in [6.45, 7) is -2.84. The minimum absolute atomic E-state index is 0.0794. The Balaban J connectivity index is 2.03.